The van der Waals surface area contributed by atoms with E-state index in [0.29, 0.717) is 28.1 Å². The molecule has 0 spiro atoms. The van der Waals surface area contributed by atoms with Gasteiger partial charge in [0.15, 0.2) is 0 Å². The number of nitrogens with one attached hydrogen (secondary N) is 1. The second-order valence-electron chi connectivity index (χ2n) is 6.54. The molecule has 28 heavy (non-hydrogen) atoms. The molecule has 5 nitrogen and oxygen atoms in total. The molecule has 1 aliphatic rings. The summed E-state index contributed by atoms with van der Waals surface area (Å²) in [6, 6.07) is 20.9. The van der Waals surface area contributed by atoms with Crippen LogP contribution in [0.3, 0.4) is 0 Å². The maximum atomic E-state index is 12.5. The number of benzene rings is 3. The average Bonchev–Trinajstić information content (AvgIpc) is 2.99. The van der Waals surface area contributed by atoms with Crippen LogP contribution < -0.4 is 10.2 Å². The van der Waals surface area contributed by atoms with Crippen LogP contribution in [-0.2, 0) is 6.42 Å². The van der Waals surface area contributed by atoms with Crippen LogP contribution in [0.25, 0.3) is 0 Å². The van der Waals surface area contributed by atoms with Gasteiger partial charge in [0, 0.05) is 11.3 Å². The molecule has 3 aromatic carbocycles. The molecule has 4 rings (SSSR count). The molecular weight excluding hydrogens is 352 g/mol. The Labute approximate surface area is 162 Å². The van der Waals surface area contributed by atoms with Gasteiger partial charge in [0.05, 0.1) is 16.8 Å². The molecule has 138 valence electrons. The Balaban J connectivity index is 1.51. The molecule has 0 radical (unpaired) electrons. The van der Waals surface area contributed by atoms with Gasteiger partial charge in [0.1, 0.15) is 0 Å². The van der Waals surface area contributed by atoms with Crippen molar-refractivity contribution < 1.29 is 14.4 Å². The van der Waals surface area contributed by atoms with E-state index in [9.17, 15) is 14.4 Å². The van der Waals surface area contributed by atoms with Gasteiger partial charge in [-0.05, 0) is 60.5 Å². The maximum Gasteiger partial charge on any atom is 0.266 e. The molecule has 1 heterocycles. The van der Waals surface area contributed by atoms with E-state index in [1.165, 1.54) is 5.56 Å². The van der Waals surface area contributed by atoms with E-state index in [2.05, 4.69) is 12.2 Å². The molecule has 1 aliphatic heterocycles. The molecule has 0 unspecified atom stereocenters. The van der Waals surface area contributed by atoms with Crippen LogP contribution in [0, 0.1) is 0 Å². The lowest BCUT2D eigenvalue weighted by molar-refractivity contribution is 0.0924. The Kier molecular flexibility index (Phi) is 4.49. The Bertz CT molecular complexity index is 1030. The predicted molar refractivity (Wildman–Crippen MR) is 108 cm³/mol. The van der Waals surface area contributed by atoms with Crippen LogP contribution in [-0.4, -0.2) is 17.7 Å². The van der Waals surface area contributed by atoms with Crippen molar-refractivity contribution >= 4 is 29.1 Å². The van der Waals surface area contributed by atoms with Gasteiger partial charge in [-0.15, -0.1) is 0 Å². The number of fused-ring (bicyclic) bond motifs is 1. The van der Waals surface area contributed by atoms with Crippen molar-refractivity contribution in [1.29, 1.82) is 0 Å². The van der Waals surface area contributed by atoms with Gasteiger partial charge in [0.25, 0.3) is 17.7 Å². The van der Waals surface area contributed by atoms with E-state index >= 15 is 0 Å². The van der Waals surface area contributed by atoms with Gasteiger partial charge in [-0.3, -0.25) is 14.4 Å². The van der Waals surface area contributed by atoms with E-state index in [0.717, 1.165) is 11.3 Å². The number of amides is 3. The smallest absolute Gasteiger partial charge is 0.266 e. The number of carbonyl (C=O) groups excluding carboxylic acids is 3. The SMILES string of the molecule is CCc1ccc(C(=O)Nc2ccc(N3C(=O)c4ccccc4C3=O)cc2)cc1. The molecule has 0 bridgehead atoms. The average molecular weight is 370 g/mol. The molecule has 1 N–H and O–H groups in total. The van der Waals surface area contributed by atoms with Crippen LogP contribution >= 0.6 is 0 Å². The van der Waals surface area contributed by atoms with Gasteiger partial charge in [0.2, 0.25) is 0 Å². The molecule has 0 atom stereocenters. The minimum absolute atomic E-state index is 0.212. The highest BCUT2D eigenvalue weighted by atomic mass is 16.2. The number of imide groups is 1. The quantitative estimate of drug-likeness (QED) is 0.696. The highest BCUT2D eigenvalue weighted by Crippen LogP contribution is 2.29. The summed E-state index contributed by atoms with van der Waals surface area (Å²) in [4.78, 5) is 38.6. The van der Waals surface area contributed by atoms with Crippen molar-refractivity contribution in [2.24, 2.45) is 0 Å². The monoisotopic (exact) mass is 370 g/mol. The summed E-state index contributed by atoms with van der Waals surface area (Å²) >= 11 is 0. The van der Waals surface area contributed by atoms with Gasteiger partial charge in [-0.2, -0.15) is 0 Å². The molecule has 3 amide bonds. The number of carbonyl (C=O) groups is 3. The number of rotatable bonds is 4. The first-order valence-corrected chi connectivity index (χ1v) is 9.06. The third-order valence-corrected chi connectivity index (χ3v) is 4.80. The second kappa shape index (κ2) is 7.12. The minimum atomic E-state index is -0.339. The largest absolute Gasteiger partial charge is 0.322 e. The van der Waals surface area contributed by atoms with Crippen LogP contribution in [0.5, 0.6) is 0 Å². The summed E-state index contributed by atoms with van der Waals surface area (Å²) in [6.07, 6.45) is 0.918. The maximum absolute atomic E-state index is 12.5. The molecule has 0 aliphatic carbocycles. The molecular formula is C23H18N2O3. The van der Waals surface area contributed by atoms with Crippen molar-refractivity contribution in [2.75, 3.05) is 10.2 Å². The zero-order chi connectivity index (χ0) is 19.7. The van der Waals surface area contributed by atoms with E-state index in [4.69, 9.17) is 0 Å². The lowest BCUT2D eigenvalue weighted by Crippen LogP contribution is -2.29. The molecule has 0 aromatic heterocycles. The van der Waals surface area contributed by atoms with Gasteiger partial charge in [-0.1, -0.05) is 31.2 Å². The third-order valence-electron chi connectivity index (χ3n) is 4.80. The van der Waals surface area contributed by atoms with Crippen molar-refractivity contribution in [2.45, 2.75) is 13.3 Å². The standard InChI is InChI=1S/C23H18N2O3/c1-2-15-7-9-16(10-8-15)21(26)24-17-11-13-18(14-12-17)25-22(27)19-5-3-4-6-20(19)23(25)28/h3-14H,2H2,1H3,(H,24,26). The molecule has 0 saturated heterocycles. The fourth-order valence-corrected chi connectivity index (χ4v) is 3.21. The summed E-state index contributed by atoms with van der Waals surface area (Å²) in [5.41, 5.74) is 3.60. The van der Waals surface area contributed by atoms with Gasteiger partial charge in [-0.25, -0.2) is 4.90 Å². The highest BCUT2D eigenvalue weighted by Gasteiger charge is 2.36. The zero-order valence-electron chi connectivity index (χ0n) is 15.3. The lowest BCUT2D eigenvalue weighted by atomic mass is 10.1. The fourth-order valence-electron chi connectivity index (χ4n) is 3.21. The second-order valence-corrected chi connectivity index (χ2v) is 6.54. The first-order chi connectivity index (χ1) is 13.6. The molecule has 0 fully saturated rings. The summed E-state index contributed by atoms with van der Waals surface area (Å²) in [6.45, 7) is 2.06. The van der Waals surface area contributed by atoms with Crippen LogP contribution in [0.4, 0.5) is 11.4 Å². The van der Waals surface area contributed by atoms with E-state index < -0.39 is 0 Å². The fraction of sp³-hybridized carbons (Fsp3) is 0.0870. The minimum Gasteiger partial charge on any atom is -0.322 e. The Morgan fingerprint density at radius 1 is 0.821 bits per heavy atom. The molecule has 3 aromatic rings. The van der Waals surface area contributed by atoms with Crippen LogP contribution in [0.15, 0.2) is 72.8 Å². The number of aryl methyl sites for hydroxylation is 1. The lowest BCUT2D eigenvalue weighted by Gasteiger charge is -2.14. The van der Waals surface area contributed by atoms with Crippen LogP contribution in [0.2, 0.25) is 0 Å². The number of hydrogen-bond acceptors (Lipinski definition) is 3. The van der Waals surface area contributed by atoms with Crippen molar-refractivity contribution in [3.05, 3.63) is 95.1 Å². The van der Waals surface area contributed by atoms with Crippen LogP contribution in [0.1, 0.15) is 43.6 Å². The summed E-state index contributed by atoms with van der Waals surface area (Å²) in [7, 11) is 0. The van der Waals surface area contributed by atoms with E-state index in [1.807, 2.05) is 12.1 Å². The summed E-state index contributed by atoms with van der Waals surface area (Å²) < 4.78 is 0. The summed E-state index contributed by atoms with van der Waals surface area (Å²) in [5, 5.41) is 2.83. The number of nitrogens with zero attached hydrogens (tertiary/aromatic N) is 1. The third kappa shape index (κ3) is 3.07. The van der Waals surface area contributed by atoms with E-state index in [-0.39, 0.29) is 17.7 Å². The first-order valence-electron chi connectivity index (χ1n) is 9.06. The predicted octanol–water partition coefficient (Wildman–Crippen LogP) is 4.30. The molecule has 5 heteroatoms. The van der Waals surface area contributed by atoms with Gasteiger partial charge >= 0.3 is 0 Å². The highest BCUT2D eigenvalue weighted by molar-refractivity contribution is 6.34. The normalized spacial score (nSPS) is 12.8. The van der Waals surface area contributed by atoms with E-state index in [1.54, 1.807) is 60.7 Å². The van der Waals surface area contributed by atoms with Gasteiger partial charge < -0.3 is 5.32 Å². The number of hydrogen-bond donors (Lipinski definition) is 1. The topological polar surface area (TPSA) is 66.5 Å². The Morgan fingerprint density at radius 2 is 1.39 bits per heavy atom. The Hall–Kier alpha value is -3.73. The Morgan fingerprint density at radius 3 is 1.93 bits per heavy atom. The van der Waals surface area contributed by atoms with Crippen molar-refractivity contribution in [1.82, 2.24) is 0 Å². The zero-order valence-corrected chi connectivity index (χ0v) is 15.3. The first kappa shape index (κ1) is 17.7. The van der Waals surface area contributed by atoms with Crippen molar-refractivity contribution in [3.8, 4) is 0 Å². The molecule has 0 saturated carbocycles. The van der Waals surface area contributed by atoms with Crippen molar-refractivity contribution in [3.63, 3.8) is 0 Å². The number of anilines is 2. The summed E-state index contributed by atoms with van der Waals surface area (Å²) in [5.74, 6) is -0.891.